The Kier molecular flexibility index (Phi) is 5.19. The van der Waals surface area contributed by atoms with E-state index < -0.39 is 0 Å². The fraction of sp³-hybridized carbons (Fsp3) is 0.500. The smallest absolute Gasteiger partial charge is 0.0607 e. The quantitative estimate of drug-likeness (QED) is 0.492. The van der Waals surface area contributed by atoms with Crippen molar-refractivity contribution in [3.8, 4) is 0 Å². The van der Waals surface area contributed by atoms with Crippen LogP contribution in [-0.4, -0.2) is 5.11 Å². The second kappa shape index (κ2) is 3.63. The van der Waals surface area contributed by atoms with Crippen molar-refractivity contribution in [3.63, 3.8) is 0 Å². The van der Waals surface area contributed by atoms with Crippen LogP contribution in [0.4, 0.5) is 0 Å². The third-order valence-corrected chi connectivity index (χ3v) is 0.781. The number of aliphatic hydroxyl groups is 1. The van der Waals surface area contributed by atoms with Gasteiger partial charge < -0.3 is 12.0 Å². The molecule has 0 saturated carbocycles. The van der Waals surface area contributed by atoms with Gasteiger partial charge in [0.2, 0.25) is 0 Å². The number of allylic oxidation sites excluding steroid dienone is 1. The second-order valence-corrected chi connectivity index (χ2v) is 2.33. The maximum Gasteiger partial charge on any atom is 0.0607 e. The molecule has 0 saturated heterocycles. The van der Waals surface area contributed by atoms with Gasteiger partial charge in [-0.05, 0) is 0 Å². The predicted molar refractivity (Wildman–Crippen MR) is 30.9 cm³/mol. The van der Waals surface area contributed by atoms with Crippen LogP contribution in [0.2, 0.25) is 0 Å². The fourth-order valence-electron chi connectivity index (χ4n) is 0. The first-order valence-electron chi connectivity index (χ1n) is 2.18. The predicted octanol–water partition coefficient (Wildman–Crippen LogP) is 1.92. The molecule has 0 fully saturated rings. The normalized spacial score (nSPS) is 9.88. The molecular formula is C6H11OY-. The molecule has 1 N–H and O–H groups in total. The van der Waals surface area contributed by atoms with Gasteiger partial charge in [0.1, 0.15) is 0 Å². The Morgan fingerprint density at radius 1 is 1.62 bits per heavy atom. The number of hydrogen-bond donors (Lipinski definition) is 1. The molecule has 2 heteroatoms. The van der Waals surface area contributed by atoms with Crippen LogP contribution in [-0.2, 0) is 32.7 Å². The van der Waals surface area contributed by atoms with E-state index in [1.54, 1.807) is 13.8 Å². The minimum Gasteiger partial charge on any atom is -0.515 e. The summed E-state index contributed by atoms with van der Waals surface area (Å²) in [7, 11) is 0. The molecule has 0 heterocycles. The number of hydrogen-bond acceptors (Lipinski definition) is 1. The zero-order valence-corrected chi connectivity index (χ0v) is 8.28. The van der Waals surface area contributed by atoms with E-state index in [-0.39, 0.29) is 43.9 Å². The van der Waals surface area contributed by atoms with E-state index in [1.807, 2.05) is 0 Å². The van der Waals surface area contributed by atoms with Crippen LogP contribution in [0, 0.1) is 12.3 Å². The summed E-state index contributed by atoms with van der Waals surface area (Å²) in [6.45, 7) is 10.5. The first-order valence-corrected chi connectivity index (χ1v) is 2.18. The molecule has 0 aromatic heterocycles. The van der Waals surface area contributed by atoms with E-state index in [9.17, 15) is 0 Å². The second-order valence-electron chi connectivity index (χ2n) is 2.33. The molecule has 0 aliphatic heterocycles. The minimum absolute atomic E-state index is 0. The van der Waals surface area contributed by atoms with Crippen LogP contribution in [0.25, 0.3) is 0 Å². The van der Waals surface area contributed by atoms with Crippen molar-refractivity contribution in [3.05, 3.63) is 19.3 Å². The van der Waals surface area contributed by atoms with E-state index in [0.29, 0.717) is 0 Å². The summed E-state index contributed by atoms with van der Waals surface area (Å²) < 4.78 is 0. The molecule has 0 aromatic rings. The van der Waals surface area contributed by atoms with Crippen LogP contribution in [0.3, 0.4) is 0 Å². The third kappa shape index (κ3) is 4.79. The topological polar surface area (TPSA) is 20.2 Å². The van der Waals surface area contributed by atoms with E-state index >= 15 is 0 Å². The van der Waals surface area contributed by atoms with Gasteiger partial charge in [0.15, 0.2) is 0 Å². The van der Waals surface area contributed by atoms with Gasteiger partial charge in [0.25, 0.3) is 0 Å². The Morgan fingerprint density at radius 3 is 1.75 bits per heavy atom. The van der Waals surface area contributed by atoms with Gasteiger partial charge >= 0.3 is 0 Å². The molecule has 0 aromatic carbocycles. The Balaban J connectivity index is 0. The van der Waals surface area contributed by atoms with Gasteiger partial charge in [0.05, 0.1) is 5.76 Å². The van der Waals surface area contributed by atoms with Crippen molar-refractivity contribution >= 4 is 0 Å². The Bertz CT molecular complexity index is 81.0. The molecule has 0 amide bonds. The van der Waals surface area contributed by atoms with E-state index in [0.717, 1.165) is 0 Å². The van der Waals surface area contributed by atoms with E-state index in [1.165, 1.54) is 0 Å². The molecule has 1 nitrogen and oxygen atoms in total. The molecule has 0 rings (SSSR count). The summed E-state index contributed by atoms with van der Waals surface area (Å²) in [5.41, 5.74) is -0.389. The fourth-order valence-corrected chi connectivity index (χ4v) is 0. The maximum atomic E-state index is 8.63. The maximum absolute atomic E-state index is 8.63. The van der Waals surface area contributed by atoms with Crippen molar-refractivity contribution in [2.45, 2.75) is 13.8 Å². The average molecular weight is 188 g/mol. The van der Waals surface area contributed by atoms with Gasteiger partial charge in [0, 0.05) is 32.7 Å². The first kappa shape index (κ1) is 11.4. The van der Waals surface area contributed by atoms with Crippen LogP contribution >= 0.6 is 0 Å². The summed E-state index contributed by atoms with van der Waals surface area (Å²) in [5, 5.41) is 8.63. The third-order valence-electron chi connectivity index (χ3n) is 0.781. The molecule has 1 radical (unpaired) electrons. The van der Waals surface area contributed by atoms with Gasteiger partial charge in [-0.2, -0.15) is 0 Å². The van der Waals surface area contributed by atoms with E-state index in [4.69, 9.17) is 5.11 Å². The summed E-state index contributed by atoms with van der Waals surface area (Å²) in [6.07, 6.45) is 0. The molecular weight excluding hydrogens is 177 g/mol. The average Bonchev–Trinajstić information content (AvgIpc) is 1.31. The molecule has 0 spiro atoms. The molecule has 45 valence electrons. The molecule has 0 aliphatic carbocycles. The van der Waals surface area contributed by atoms with E-state index in [2.05, 4.69) is 13.5 Å². The number of rotatable bonds is 1. The Morgan fingerprint density at radius 2 is 1.75 bits per heavy atom. The summed E-state index contributed by atoms with van der Waals surface area (Å²) >= 11 is 0. The van der Waals surface area contributed by atoms with Crippen LogP contribution in [0.1, 0.15) is 13.8 Å². The zero-order chi connectivity index (χ0) is 6.08. The molecule has 8 heavy (non-hydrogen) atoms. The van der Waals surface area contributed by atoms with Crippen LogP contribution < -0.4 is 0 Å². The van der Waals surface area contributed by atoms with Crippen molar-refractivity contribution in [2.75, 3.05) is 0 Å². The van der Waals surface area contributed by atoms with Crippen molar-refractivity contribution < 1.29 is 37.8 Å². The Hall–Kier alpha value is 0.644. The van der Waals surface area contributed by atoms with Crippen molar-refractivity contribution in [2.24, 2.45) is 5.41 Å². The van der Waals surface area contributed by atoms with Crippen molar-refractivity contribution in [1.82, 2.24) is 0 Å². The van der Waals surface area contributed by atoms with Crippen LogP contribution in [0.5, 0.6) is 0 Å². The van der Waals surface area contributed by atoms with Gasteiger partial charge in [-0.1, -0.05) is 20.4 Å². The SMILES string of the molecule is C=C(O)C([CH2-])(C)C.[Y]. The molecule has 0 bridgehead atoms. The number of aliphatic hydroxyl groups excluding tert-OH is 1. The van der Waals surface area contributed by atoms with Gasteiger partial charge in [-0.25, -0.2) is 0 Å². The standard InChI is InChI=1S/C6H11O.Y/c1-5(7)6(2,3)4;/h7H,1-2H2,3-4H3;/q-1;. The summed E-state index contributed by atoms with van der Waals surface area (Å²) in [5.74, 6) is 0.132. The summed E-state index contributed by atoms with van der Waals surface area (Å²) in [6, 6.07) is 0. The molecule has 0 aliphatic rings. The largest absolute Gasteiger partial charge is 0.515 e. The summed E-state index contributed by atoms with van der Waals surface area (Å²) in [4.78, 5) is 0. The van der Waals surface area contributed by atoms with Gasteiger partial charge in [-0.15, -0.1) is 5.41 Å². The van der Waals surface area contributed by atoms with Gasteiger partial charge in [-0.3, -0.25) is 0 Å². The monoisotopic (exact) mass is 188 g/mol. The first-order chi connectivity index (χ1) is 2.94. The van der Waals surface area contributed by atoms with Crippen LogP contribution in [0.15, 0.2) is 12.3 Å². The molecule has 0 unspecified atom stereocenters. The zero-order valence-electron chi connectivity index (χ0n) is 5.44. The molecule has 0 atom stereocenters. The van der Waals surface area contributed by atoms with Crippen molar-refractivity contribution in [1.29, 1.82) is 0 Å². The Labute approximate surface area is 76.1 Å². The minimum atomic E-state index is -0.389.